The molecule has 2 unspecified atom stereocenters. The predicted molar refractivity (Wildman–Crippen MR) is 58.5 cm³/mol. The minimum absolute atomic E-state index is 0.0922. The molecule has 15 heavy (non-hydrogen) atoms. The Bertz CT molecular complexity index is 354. The molecule has 0 aliphatic carbocycles. The molecule has 0 spiro atoms. The third kappa shape index (κ3) is 1.51. The fourth-order valence-electron chi connectivity index (χ4n) is 2.76. The van der Waals surface area contributed by atoms with Gasteiger partial charge in [0.2, 0.25) is 0 Å². The fourth-order valence-corrected chi connectivity index (χ4v) is 2.76. The van der Waals surface area contributed by atoms with E-state index in [4.69, 9.17) is 0 Å². The monoisotopic (exact) mass is 206 g/mol. The SMILES string of the molecule is Fc1ccccc1N1CC2CNCC2C1. The quantitative estimate of drug-likeness (QED) is 0.748. The molecule has 0 radical (unpaired) electrons. The molecule has 3 heteroatoms. The molecule has 1 aromatic carbocycles. The molecule has 1 aromatic rings. The van der Waals surface area contributed by atoms with E-state index in [9.17, 15) is 4.39 Å². The van der Waals surface area contributed by atoms with E-state index in [2.05, 4.69) is 10.2 Å². The van der Waals surface area contributed by atoms with Crippen molar-refractivity contribution in [2.24, 2.45) is 11.8 Å². The minimum atomic E-state index is -0.0922. The van der Waals surface area contributed by atoms with Crippen LogP contribution in [0.25, 0.3) is 0 Å². The number of nitrogens with zero attached hydrogens (tertiary/aromatic N) is 1. The molecule has 0 amide bonds. The lowest BCUT2D eigenvalue weighted by Gasteiger charge is -2.20. The van der Waals surface area contributed by atoms with Crippen molar-refractivity contribution >= 4 is 5.69 Å². The second-order valence-corrected chi connectivity index (χ2v) is 4.53. The summed E-state index contributed by atoms with van der Waals surface area (Å²) in [6.45, 7) is 4.18. The lowest BCUT2D eigenvalue weighted by atomic mass is 10.0. The van der Waals surface area contributed by atoms with Gasteiger partial charge < -0.3 is 10.2 Å². The van der Waals surface area contributed by atoms with Crippen LogP contribution in [-0.2, 0) is 0 Å². The third-order valence-corrected chi connectivity index (χ3v) is 3.58. The number of benzene rings is 1. The van der Waals surface area contributed by atoms with Crippen molar-refractivity contribution in [1.82, 2.24) is 5.32 Å². The van der Waals surface area contributed by atoms with Crippen LogP contribution in [0.15, 0.2) is 24.3 Å². The van der Waals surface area contributed by atoms with Gasteiger partial charge in [0.25, 0.3) is 0 Å². The summed E-state index contributed by atoms with van der Waals surface area (Å²) in [5, 5.41) is 3.39. The standard InChI is InChI=1S/C12H15FN2/c13-11-3-1-2-4-12(11)15-7-9-5-14-6-10(9)8-15/h1-4,9-10,14H,5-8H2. The lowest BCUT2D eigenvalue weighted by molar-refractivity contribution is 0.533. The van der Waals surface area contributed by atoms with Gasteiger partial charge >= 0.3 is 0 Å². The number of anilines is 1. The highest BCUT2D eigenvalue weighted by molar-refractivity contribution is 5.49. The molecule has 3 rings (SSSR count). The van der Waals surface area contributed by atoms with Gasteiger partial charge in [-0.25, -0.2) is 4.39 Å². The Morgan fingerprint density at radius 3 is 2.47 bits per heavy atom. The maximum Gasteiger partial charge on any atom is 0.146 e. The first kappa shape index (κ1) is 9.16. The zero-order valence-corrected chi connectivity index (χ0v) is 8.62. The average molecular weight is 206 g/mol. The molecule has 2 aliphatic heterocycles. The number of rotatable bonds is 1. The first-order valence-corrected chi connectivity index (χ1v) is 5.55. The van der Waals surface area contributed by atoms with Gasteiger partial charge in [0.15, 0.2) is 0 Å². The smallest absolute Gasteiger partial charge is 0.146 e. The van der Waals surface area contributed by atoms with Crippen LogP contribution < -0.4 is 10.2 Å². The van der Waals surface area contributed by atoms with Crippen LogP contribution in [-0.4, -0.2) is 26.2 Å². The second-order valence-electron chi connectivity index (χ2n) is 4.53. The van der Waals surface area contributed by atoms with E-state index in [1.165, 1.54) is 0 Å². The number of halogens is 1. The molecular weight excluding hydrogens is 191 g/mol. The van der Waals surface area contributed by atoms with Crippen LogP contribution in [0.4, 0.5) is 10.1 Å². The number of para-hydroxylation sites is 1. The van der Waals surface area contributed by atoms with Gasteiger partial charge in [0.1, 0.15) is 5.82 Å². The number of nitrogens with one attached hydrogen (secondary N) is 1. The summed E-state index contributed by atoms with van der Waals surface area (Å²) in [6, 6.07) is 7.08. The van der Waals surface area contributed by atoms with Gasteiger partial charge in [-0.1, -0.05) is 12.1 Å². The second kappa shape index (κ2) is 3.49. The molecule has 2 fully saturated rings. The maximum absolute atomic E-state index is 13.6. The highest BCUT2D eigenvalue weighted by atomic mass is 19.1. The molecule has 0 aromatic heterocycles. The first-order chi connectivity index (χ1) is 7.34. The normalized spacial score (nSPS) is 29.5. The number of hydrogen-bond donors (Lipinski definition) is 1. The largest absolute Gasteiger partial charge is 0.368 e. The Labute approximate surface area is 89.1 Å². The molecule has 2 atom stereocenters. The van der Waals surface area contributed by atoms with E-state index in [0.717, 1.165) is 31.9 Å². The van der Waals surface area contributed by atoms with E-state index in [-0.39, 0.29) is 5.82 Å². The summed E-state index contributed by atoms with van der Waals surface area (Å²) in [5.41, 5.74) is 0.770. The molecule has 2 aliphatic rings. The van der Waals surface area contributed by atoms with Crippen LogP contribution in [0.5, 0.6) is 0 Å². The molecule has 2 heterocycles. The van der Waals surface area contributed by atoms with Crippen molar-refractivity contribution in [2.75, 3.05) is 31.1 Å². The van der Waals surface area contributed by atoms with E-state index in [1.807, 2.05) is 12.1 Å². The molecule has 2 nitrogen and oxygen atoms in total. The van der Waals surface area contributed by atoms with E-state index in [0.29, 0.717) is 11.8 Å². The molecular formula is C12H15FN2. The third-order valence-electron chi connectivity index (χ3n) is 3.58. The molecule has 2 saturated heterocycles. The Hall–Kier alpha value is -1.09. The van der Waals surface area contributed by atoms with Crippen molar-refractivity contribution in [2.45, 2.75) is 0 Å². The Kier molecular flexibility index (Phi) is 2.13. The minimum Gasteiger partial charge on any atom is -0.368 e. The lowest BCUT2D eigenvalue weighted by Crippen LogP contribution is -2.26. The average Bonchev–Trinajstić information content (AvgIpc) is 2.77. The summed E-state index contributed by atoms with van der Waals surface area (Å²) in [7, 11) is 0. The highest BCUT2D eigenvalue weighted by Crippen LogP contribution is 2.31. The number of fused-ring (bicyclic) bond motifs is 1. The van der Waals surface area contributed by atoms with Crippen molar-refractivity contribution in [1.29, 1.82) is 0 Å². The molecule has 0 bridgehead atoms. The predicted octanol–water partition coefficient (Wildman–Crippen LogP) is 1.48. The van der Waals surface area contributed by atoms with Crippen LogP contribution >= 0.6 is 0 Å². The van der Waals surface area contributed by atoms with Gasteiger partial charge in [0.05, 0.1) is 5.69 Å². The van der Waals surface area contributed by atoms with Crippen molar-refractivity contribution in [3.05, 3.63) is 30.1 Å². The van der Waals surface area contributed by atoms with Crippen molar-refractivity contribution in [3.8, 4) is 0 Å². The Morgan fingerprint density at radius 1 is 1.13 bits per heavy atom. The highest BCUT2D eigenvalue weighted by Gasteiger charge is 2.36. The first-order valence-electron chi connectivity index (χ1n) is 5.55. The molecule has 80 valence electrons. The molecule has 1 N–H and O–H groups in total. The van der Waals surface area contributed by atoms with E-state index < -0.39 is 0 Å². The van der Waals surface area contributed by atoms with E-state index in [1.54, 1.807) is 12.1 Å². The zero-order chi connectivity index (χ0) is 10.3. The summed E-state index contributed by atoms with van der Waals surface area (Å²) in [5.74, 6) is 1.33. The number of hydrogen-bond acceptors (Lipinski definition) is 2. The van der Waals surface area contributed by atoms with Crippen LogP contribution in [0.2, 0.25) is 0 Å². The van der Waals surface area contributed by atoms with Crippen molar-refractivity contribution in [3.63, 3.8) is 0 Å². The summed E-state index contributed by atoms with van der Waals surface area (Å²) < 4.78 is 13.6. The van der Waals surface area contributed by atoms with Crippen LogP contribution in [0, 0.1) is 17.7 Å². The van der Waals surface area contributed by atoms with Gasteiger partial charge in [-0.3, -0.25) is 0 Å². The van der Waals surface area contributed by atoms with E-state index >= 15 is 0 Å². The van der Waals surface area contributed by atoms with Gasteiger partial charge in [0, 0.05) is 26.2 Å². The van der Waals surface area contributed by atoms with Gasteiger partial charge in [-0.15, -0.1) is 0 Å². The molecule has 0 saturated carbocycles. The summed E-state index contributed by atoms with van der Waals surface area (Å²) in [4.78, 5) is 2.19. The maximum atomic E-state index is 13.6. The van der Waals surface area contributed by atoms with Gasteiger partial charge in [-0.2, -0.15) is 0 Å². The zero-order valence-electron chi connectivity index (χ0n) is 8.62. The Morgan fingerprint density at radius 2 is 1.80 bits per heavy atom. The van der Waals surface area contributed by atoms with Crippen molar-refractivity contribution < 1.29 is 4.39 Å². The van der Waals surface area contributed by atoms with Crippen LogP contribution in [0.1, 0.15) is 0 Å². The summed E-state index contributed by atoms with van der Waals surface area (Å²) in [6.07, 6.45) is 0. The topological polar surface area (TPSA) is 15.3 Å². The Balaban J connectivity index is 1.82. The van der Waals surface area contributed by atoms with Crippen LogP contribution in [0.3, 0.4) is 0 Å². The van der Waals surface area contributed by atoms with Gasteiger partial charge in [-0.05, 0) is 24.0 Å². The fraction of sp³-hybridized carbons (Fsp3) is 0.500. The summed E-state index contributed by atoms with van der Waals surface area (Å²) >= 11 is 0.